The lowest BCUT2D eigenvalue weighted by molar-refractivity contribution is 0.321. The van der Waals surface area contributed by atoms with Gasteiger partial charge in [-0.3, -0.25) is 0 Å². The van der Waals surface area contributed by atoms with Crippen LogP contribution in [-0.4, -0.2) is 6.61 Å². The monoisotopic (exact) mass is 235 g/mol. The zero-order valence-electron chi connectivity index (χ0n) is 9.57. The molecule has 1 aromatic carbocycles. The normalized spacial score (nSPS) is 10.2. The number of hydrogen-bond acceptors (Lipinski definition) is 3. The molecule has 4 heteroatoms. The van der Waals surface area contributed by atoms with E-state index in [9.17, 15) is 4.39 Å². The summed E-state index contributed by atoms with van der Waals surface area (Å²) in [4.78, 5) is 0. The molecule has 1 N–H and O–H groups in total. The van der Waals surface area contributed by atoms with E-state index in [1.807, 2.05) is 13.0 Å². The molecule has 2 aromatic rings. The second-order valence-electron chi connectivity index (χ2n) is 3.56. The largest absolute Gasteiger partial charge is 0.491 e. The van der Waals surface area contributed by atoms with Crippen molar-refractivity contribution in [2.24, 2.45) is 0 Å². The van der Waals surface area contributed by atoms with E-state index in [-0.39, 0.29) is 11.6 Å². The Labute approximate surface area is 99.2 Å². The molecule has 0 radical (unpaired) electrons. The van der Waals surface area contributed by atoms with Crippen molar-refractivity contribution >= 4 is 5.69 Å². The Morgan fingerprint density at radius 3 is 2.88 bits per heavy atom. The molecule has 1 aromatic heterocycles. The maximum Gasteiger partial charge on any atom is 0.167 e. The van der Waals surface area contributed by atoms with Crippen LogP contribution in [0.1, 0.15) is 12.5 Å². The van der Waals surface area contributed by atoms with E-state index in [0.717, 1.165) is 5.56 Å². The van der Waals surface area contributed by atoms with E-state index >= 15 is 0 Å². The summed E-state index contributed by atoms with van der Waals surface area (Å²) in [6, 6.07) is 6.69. The van der Waals surface area contributed by atoms with Crippen LogP contribution >= 0.6 is 0 Å². The first-order chi connectivity index (χ1) is 8.29. The van der Waals surface area contributed by atoms with Crippen LogP contribution in [0.5, 0.6) is 5.75 Å². The van der Waals surface area contributed by atoms with Crippen molar-refractivity contribution < 1.29 is 13.5 Å². The maximum atomic E-state index is 13.5. The first-order valence-electron chi connectivity index (χ1n) is 5.47. The van der Waals surface area contributed by atoms with E-state index in [2.05, 4.69) is 5.32 Å². The molecule has 3 nitrogen and oxygen atoms in total. The van der Waals surface area contributed by atoms with Crippen molar-refractivity contribution in [2.75, 3.05) is 11.9 Å². The zero-order valence-corrected chi connectivity index (χ0v) is 9.57. The highest BCUT2D eigenvalue weighted by molar-refractivity contribution is 5.47. The van der Waals surface area contributed by atoms with Crippen molar-refractivity contribution in [1.82, 2.24) is 0 Å². The van der Waals surface area contributed by atoms with Crippen molar-refractivity contribution in [3.05, 3.63) is 48.2 Å². The standard InChI is InChI=1S/C13H14FNO2/c1-2-17-13-4-3-11(7-12(13)14)15-8-10-5-6-16-9-10/h3-7,9,15H,2,8H2,1H3. The molecule has 0 amide bonds. The molecule has 0 aliphatic heterocycles. The minimum absolute atomic E-state index is 0.279. The number of nitrogens with one attached hydrogen (secondary N) is 1. The summed E-state index contributed by atoms with van der Waals surface area (Å²) in [5.74, 6) is -0.0783. The smallest absolute Gasteiger partial charge is 0.167 e. The number of hydrogen-bond donors (Lipinski definition) is 1. The molecule has 0 saturated carbocycles. The minimum Gasteiger partial charge on any atom is -0.491 e. The van der Waals surface area contributed by atoms with Crippen LogP contribution in [-0.2, 0) is 6.54 Å². The van der Waals surface area contributed by atoms with Gasteiger partial charge < -0.3 is 14.5 Å². The molecule has 1 heterocycles. The van der Waals surface area contributed by atoms with Gasteiger partial charge in [0.2, 0.25) is 0 Å². The van der Waals surface area contributed by atoms with Crippen LogP contribution < -0.4 is 10.1 Å². The summed E-state index contributed by atoms with van der Waals surface area (Å²) in [7, 11) is 0. The summed E-state index contributed by atoms with van der Waals surface area (Å²) in [6.45, 7) is 2.88. The maximum absolute atomic E-state index is 13.5. The third kappa shape index (κ3) is 3.00. The average molecular weight is 235 g/mol. The fraction of sp³-hybridized carbons (Fsp3) is 0.231. The number of anilines is 1. The molecule has 0 bridgehead atoms. The van der Waals surface area contributed by atoms with Crippen molar-refractivity contribution in [1.29, 1.82) is 0 Å². The molecule has 0 aliphatic rings. The lowest BCUT2D eigenvalue weighted by Crippen LogP contribution is -2.00. The topological polar surface area (TPSA) is 34.4 Å². The molecule has 0 atom stereocenters. The second-order valence-corrected chi connectivity index (χ2v) is 3.56. The van der Waals surface area contributed by atoms with Crippen LogP contribution in [0.3, 0.4) is 0 Å². The lowest BCUT2D eigenvalue weighted by atomic mass is 10.2. The zero-order chi connectivity index (χ0) is 12.1. The summed E-state index contributed by atoms with van der Waals surface area (Å²) in [5, 5.41) is 3.10. The predicted molar refractivity (Wildman–Crippen MR) is 63.6 cm³/mol. The summed E-state index contributed by atoms with van der Waals surface area (Å²) in [6.07, 6.45) is 3.26. The fourth-order valence-corrected chi connectivity index (χ4v) is 1.48. The van der Waals surface area contributed by atoms with Crippen LogP contribution in [0.25, 0.3) is 0 Å². The Morgan fingerprint density at radius 2 is 2.24 bits per heavy atom. The molecule has 17 heavy (non-hydrogen) atoms. The van der Waals surface area contributed by atoms with Gasteiger partial charge in [0, 0.05) is 23.9 Å². The van der Waals surface area contributed by atoms with Gasteiger partial charge in [-0.15, -0.1) is 0 Å². The molecule has 90 valence electrons. The predicted octanol–water partition coefficient (Wildman–Crippen LogP) is 3.43. The molecule has 0 aliphatic carbocycles. The quantitative estimate of drug-likeness (QED) is 0.862. The third-order valence-corrected chi connectivity index (χ3v) is 2.31. The summed E-state index contributed by atoms with van der Waals surface area (Å²) in [5.41, 5.74) is 1.73. The Bertz CT molecular complexity index is 468. The summed E-state index contributed by atoms with van der Waals surface area (Å²) >= 11 is 0. The van der Waals surface area contributed by atoms with E-state index in [4.69, 9.17) is 9.15 Å². The van der Waals surface area contributed by atoms with E-state index in [0.29, 0.717) is 18.8 Å². The Kier molecular flexibility index (Phi) is 3.65. The number of ether oxygens (including phenoxy) is 1. The van der Waals surface area contributed by atoms with Gasteiger partial charge in [0.1, 0.15) is 0 Å². The van der Waals surface area contributed by atoms with E-state index in [1.54, 1.807) is 24.7 Å². The van der Waals surface area contributed by atoms with Gasteiger partial charge in [-0.25, -0.2) is 4.39 Å². The van der Waals surface area contributed by atoms with Gasteiger partial charge in [-0.1, -0.05) is 0 Å². The first kappa shape index (κ1) is 11.5. The number of benzene rings is 1. The van der Waals surface area contributed by atoms with Crippen LogP contribution in [0.4, 0.5) is 10.1 Å². The summed E-state index contributed by atoms with van der Waals surface area (Å²) < 4.78 is 23.6. The van der Waals surface area contributed by atoms with Crippen molar-refractivity contribution in [2.45, 2.75) is 13.5 Å². The van der Waals surface area contributed by atoms with Gasteiger partial charge in [0.05, 0.1) is 19.1 Å². The third-order valence-electron chi connectivity index (χ3n) is 2.31. The molecule has 0 spiro atoms. The van der Waals surface area contributed by atoms with Gasteiger partial charge >= 0.3 is 0 Å². The number of halogens is 1. The van der Waals surface area contributed by atoms with Crippen LogP contribution in [0.2, 0.25) is 0 Å². The van der Waals surface area contributed by atoms with E-state index < -0.39 is 0 Å². The second kappa shape index (κ2) is 5.39. The molecule has 0 unspecified atom stereocenters. The minimum atomic E-state index is -0.357. The number of furan rings is 1. The van der Waals surface area contributed by atoms with Crippen LogP contribution in [0, 0.1) is 5.82 Å². The highest BCUT2D eigenvalue weighted by Crippen LogP contribution is 2.21. The highest BCUT2D eigenvalue weighted by Gasteiger charge is 2.04. The molecule has 0 fully saturated rings. The van der Waals surface area contributed by atoms with Crippen molar-refractivity contribution in [3.63, 3.8) is 0 Å². The Balaban J connectivity index is 2.00. The molecule has 2 rings (SSSR count). The molecular weight excluding hydrogens is 221 g/mol. The van der Waals surface area contributed by atoms with Crippen LogP contribution in [0.15, 0.2) is 41.2 Å². The molecular formula is C13H14FNO2. The Hall–Kier alpha value is -1.97. The average Bonchev–Trinajstić information content (AvgIpc) is 2.83. The van der Waals surface area contributed by atoms with E-state index in [1.165, 1.54) is 6.07 Å². The fourth-order valence-electron chi connectivity index (χ4n) is 1.48. The Morgan fingerprint density at radius 1 is 1.35 bits per heavy atom. The first-order valence-corrected chi connectivity index (χ1v) is 5.47. The number of rotatable bonds is 5. The van der Waals surface area contributed by atoms with Crippen molar-refractivity contribution in [3.8, 4) is 5.75 Å². The SMILES string of the molecule is CCOc1ccc(NCc2ccoc2)cc1F. The molecule has 0 saturated heterocycles. The van der Waals surface area contributed by atoms with Gasteiger partial charge in [-0.2, -0.15) is 0 Å². The lowest BCUT2D eigenvalue weighted by Gasteiger charge is -2.08. The van der Waals surface area contributed by atoms with Gasteiger partial charge in [0.25, 0.3) is 0 Å². The van der Waals surface area contributed by atoms with Gasteiger partial charge in [-0.05, 0) is 25.1 Å². The van der Waals surface area contributed by atoms with Gasteiger partial charge in [0.15, 0.2) is 11.6 Å². The highest BCUT2D eigenvalue weighted by atomic mass is 19.1.